The highest BCUT2D eigenvalue weighted by molar-refractivity contribution is 6.31. The van der Waals surface area contributed by atoms with Gasteiger partial charge in [-0.15, -0.1) is 0 Å². The minimum absolute atomic E-state index is 0.123. The zero-order valence-electron chi connectivity index (χ0n) is 21.2. The summed E-state index contributed by atoms with van der Waals surface area (Å²) < 4.78 is 1.37. The van der Waals surface area contributed by atoms with Crippen molar-refractivity contribution in [2.75, 3.05) is 51.2 Å². The maximum absolute atomic E-state index is 12.7. The second-order valence-corrected chi connectivity index (χ2v) is 11.0. The third kappa shape index (κ3) is 5.27. The zero-order chi connectivity index (χ0) is 27.2. The average Bonchev–Trinajstić information content (AvgIpc) is 3.29. The van der Waals surface area contributed by atoms with Crippen LogP contribution in [0.25, 0.3) is 5.69 Å². The molecule has 2 unspecified atom stereocenters. The molecule has 12 nitrogen and oxygen atoms in total. The Morgan fingerprint density at radius 3 is 2.42 bits per heavy atom. The maximum Gasteiger partial charge on any atom is 0.354 e. The summed E-state index contributed by atoms with van der Waals surface area (Å²) in [5, 5.41) is 12.5. The van der Waals surface area contributed by atoms with Crippen molar-refractivity contribution in [2.24, 2.45) is 23.3 Å². The first-order chi connectivity index (χ1) is 18.1. The Morgan fingerprint density at radius 1 is 1.16 bits per heavy atom. The molecule has 3 atom stereocenters. The number of piperidine rings is 1. The molecule has 204 valence electrons. The summed E-state index contributed by atoms with van der Waals surface area (Å²) in [6, 6.07) is 6.95. The van der Waals surface area contributed by atoms with E-state index in [-0.39, 0.29) is 37.9 Å². The highest BCUT2D eigenvalue weighted by atomic mass is 35.5. The lowest BCUT2D eigenvalue weighted by Gasteiger charge is -2.37. The molecule has 3 fully saturated rings. The number of likely N-dealkylation sites (tertiary alicyclic amines) is 1. The van der Waals surface area contributed by atoms with Crippen LogP contribution in [0.3, 0.4) is 0 Å². The maximum atomic E-state index is 12.7. The zero-order valence-corrected chi connectivity index (χ0v) is 22.0. The first-order valence-electron chi connectivity index (χ1n) is 12.7. The van der Waals surface area contributed by atoms with Crippen molar-refractivity contribution < 1.29 is 14.7 Å². The molecule has 5 rings (SSSR count). The van der Waals surface area contributed by atoms with E-state index >= 15 is 0 Å². The van der Waals surface area contributed by atoms with Gasteiger partial charge in [-0.2, -0.15) is 4.98 Å². The van der Waals surface area contributed by atoms with Crippen LogP contribution in [-0.2, 0) is 11.3 Å². The van der Waals surface area contributed by atoms with Crippen LogP contribution in [0.5, 0.6) is 0 Å². The molecule has 1 aromatic heterocycles. The van der Waals surface area contributed by atoms with Crippen LogP contribution in [0.1, 0.15) is 12.5 Å². The van der Waals surface area contributed by atoms with Gasteiger partial charge in [-0.3, -0.25) is 19.6 Å². The molecule has 1 aliphatic carbocycles. The van der Waals surface area contributed by atoms with E-state index in [2.05, 4.69) is 15.2 Å². The van der Waals surface area contributed by atoms with Crippen LogP contribution in [0.2, 0.25) is 5.02 Å². The topological polar surface area (TPSA) is 163 Å². The summed E-state index contributed by atoms with van der Waals surface area (Å²) in [7, 11) is 0. The Hall–Kier alpha value is -3.03. The lowest BCUT2D eigenvalue weighted by molar-refractivity contribution is -0.139. The molecule has 0 spiro atoms. The largest absolute Gasteiger partial charge is 0.394 e. The van der Waals surface area contributed by atoms with E-state index in [0.717, 1.165) is 25.2 Å². The van der Waals surface area contributed by atoms with Gasteiger partial charge in [0.15, 0.2) is 0 Å². The number of aromatic nitrogens is 2. The molecular formula is C25H33ClN8O4. The summed E-state index contributed by atoms with van der Waals surface area (Å²) in [5.74, 6) is 0.962. The standard InChI is InChI=1S/C25H33ClN8O4/c1-25(28,14-35)22(36)32-6-8-33(9-7-32)23(37)29-20-4-5-34(24(38)30-20)16-3-2-15(19(26)10-16)11-31-12-17-18(13-31)21(17)27/h2-5,10,17-18,21,35H,6-9,11-14,27-28H2,1H3,(H,29,30,37,38)/t17?,18?,21?,25-/m0/s1. The van der Waals surface area contributed by atoms with E-state index in [9.17, 15) is 19.5 Å². The highest BCUT2D eigenvalue weighted by Gasteiger charge is 2.53. The van der Waals surface area contributed by atoms with E-state index in [0.29, 0.717) is 28.6 Å². The Morgan fingerprint density at radius 2 is 1.82 bits per heavy atom. The van der Waals surface area contributed by atoms with Crippen LogP contribution in [-0.4, -0.2) is 98.8 Å². The number of nitrogens with zero attached hydrogens (tertiary/aromatic N) is 5. The van der Waals surface area contributed by atoms with Crippen molar-refractivity contribution in [3.63, 3.8) is 0 Å². The lowest BCUT2D eigenvalue weighted by atomic mass is 10.0. The number of hydrogen-bond donors (Lipinski definition) is 4. The molecule has 3 aliphatic rings. The molecule has 3 heterocycles. The number of amides is 3. The van der Waals surface area contributed by atoms with E-state index in [1.165, 1.54) is 21.3 Å². The Balaban J connectivity index is 1.17. The van der Waals surface area contributed by atoms with Crippen LogP contribution >= 0.6 is 11.6 Å². The monoisotopic (exact) mass is 544 g/mol. The molecule has 0 bridgehead atoms. The molecule has 0 radical (unpaired) electrons. The van der Waals surface area contributed by atoms with Gasteiger partial charge in [-0.1, -0.05) is 17.7 Å². The molecule has 2 aliphatic heterocycles. The number of carbonyl (C=O) groups excluding carboxylic acids is 2. The van der Waals surface area contributed by atoms with Gasteiger partial charge < -0.3 is 26.4 Å². The summed E-state index contributed by atoms with van der Waals surface area (Å²) in [6.07, 6.45) is 1.54. The molecule has 2 saturated heterocycles. The van der Waals surface area contributed by atoms with E-state index in [1.807, 2.05) is 12.1 Å². The van der Waals surface area contributed by atoms with Crippen molar-refractivity contribution in [3.8, 4) is 5.69 Å². The van der Waals surface area contributed by atoms with Crippen molar-refractivity contribution in [3.05, 3.63) is 51.5 Å². The number of carbonyl (C=O) groups is 2. The van der Waals surface area contributed by atoms with Gasteiger partial charge in [0, 0.05) is 63.1 Å². The molecule has 38 heavy (non-hydrogen) atoms. The Kier molecular flexibility index (Phi) is 7.18. The fourth-order valence-electron chi connectivity index (χ4n) is 5.24. The number of fused-ring (bicyclic) bond motifs is 1. The van der Waals surface area contributed by atoms with Crippen LogP contribution in [0, 0.1) is 11.8 Å². The normalized spacial score (nSPS) is 24.6. The van der Waals surface area contributed by atoms with E-state index < -0.39 is 23.9 Å². The first-order valence-corrected chi connectivity index (χ1v) is 13.1. The lowest BCUT2D eigenvalue weighted by Crippen LogP contribution is -2.60. The van der Waals surface area contributed by atoms with Gasteiger partial charge in [-0.05, 0) is 42.5 Å². The van der Waals surface area contributed by atoms with Crippen LogP contribution in [0.4, 0.5) is 10.6 Å². The SMILES string of the molecule is C[C@](N)(CO)C(=O)N1CCN(C(=O)Nc2ccn(-c3ccc(CN4CC5C(N)C5C4)c(Cl)c3)c(=O)n2)CC1. The number of aliphatic hydroxyl groups is 1. The number of urea groups is 1. The second kappa shape index (κ2) is 10.3. The minimum Gasteiger partial charge on any atom is -0.394 e. The average molecular weight is 545 g/mol. The third-order valence-electron chi connectivity index (χ3n) is 7.75. The predicted molar refractivity (Wildman–Crippen MR) is 142 cm³/mol. The number of benzene rings is 1. The van der Waals surface area contributed by atoms with Gasteiger partial charge >= 0.3 is 11.7 Å². The number of aliphatic hydroxyl groups excluding tert-OH is 1. The summed E-state index contributed by atoms with van der Waals surface area (Å²) in [4.78, 5) is 47.2. The number of halogens is 1. The number of piperazine rings is 1. The number of anilines is 1. The Labute approximate surface area is 225 Å². The summed E-state index contributed by atoms with van der Waals surface area (Å²) in [5.41, 5.74) is 11.5. The Bertz CT molecular complexity index is 1280. The van der Waals surface area contributed by atoms with Crippen LogP contribution in [0.15, 0.2) is 35.3 Å². The number of nitrogens with one attached hydrogen (secondary N) is 1. The second-order valence-electron chi connectivity index (χ2n) is 10.6. The van der Waals surface area contributed by atoms with Crippen molar-refractivity contribution in [2.45, 2.75) is 25.0 Å². The minimum atomic E-state index is -1.36. The van der Waals surface area contributed by atoms with Gasteiger partial charge in [-0.25, -0.2) is 9.59 Å². The molecule has 13 heteroatoms. The fourth-order valence-corrected chi connectivity index (χ4v) is 5.48. The summed E-state index contributed by atoms with van der Waals surface area (Å²) >= 11 is 6.54. The highest BCUT2D eigenvalue weighted by Crippen LogP contribution is 2.44. The van der Waals surface area contributed by atoms with Gasteiger partial charge in [0.05, 0.1) is 12.3 Å². The number of rotatable bonds is 6. The molecule has 1 saturated carbocycles. The van der Waals surface area contributed by atoms with Gasteiger partial charge in [0.25, 0.3) is 0 Å². The predicted octanol–water partition coefficient (Wildman–Crippen LogP) is -0.339. The van der Waals surface area contributed by atoms with E-state index in [1.54, 1.807) is 18.3 Å². The quantitative estimate of drug-likeness (QED) is 0.384. The van der Waals surface area contributed by atoms with Gasteiger partial charge in [0.1, 0.15) is 11.4 Å². The molecule has 1 aromatic carbocycles. The van der Waals surface area contributed by atoms with Crippen LogP contribution < -0.4 is 22.5 Å². The first kappa shape index (κ1) is 26.6. The van der Waals surface area contributed by atoms with E-state index in [4.69, 9.17) is 23.1 Å². The molecular weight excluding hydrogens is 512 g/mol. The van der Waals surface area contributed by atoms with Crippen molar-refractivity contribution >= 4 is 29.4 Å². The molecule has 3 amide bonds. The van der Waals surface area contributed by atoms with Crippen molar-refractivity contribution in [1.29, 1.82) is 0 Å². The molecule has 6 N–H and O–H groups in total. The molecule has 2 aromatic rings. The fraction of sp³-hybridized carbons (Fsp3) is 0.520. The van der Waals surface area contributed by atoms with Gasteiger partial charge in [0.2, 0.25) is 5.91 Å². The number of hydrogen-bond acceptors (Lipinski definition) is 8. The third-order valence-corrected chi connectivity index (χ3v) is 8.11. The number of nitrogens with two attached hydrogens (primary N) is 2. The smallest absolute Gasteiger partial charge is 0.354 e. The van der Waals surface area contributed by atoms with Crippen molar-refractivity contribution in [1.82, 2.24) is 24.3 Å². The summed E-state index contributed by atoms with van der Waals surface area (Å²) in [6.45, 7) is 4.88.